The second-order valence-corrected chi connectivity index (χ2v) is 6.66. The van der Waals surface area contributed by atoms with Crippen LogP contribution >= 0.6 is 43.2 Å². The summed E-state index contributed by atoms with van der Waals surface area (Å²) in [6, 6.07) is 16.4. The Morgan fingerprint density at radius 3 is 2.58 bits per heavy atom. The van der Waals surface area contributed by atoms with E-state index in [0.717, 1.165) is 30.8 Å². The van der Waals surface area contributed by atoms with Gasteiger partial charge < -0.3 is 0 Å². The Morgan fingerprint density at radius 1 is 0.947 bits per heavy atom. The molecule has 0 aliphatic rings. The molecule has 0 unspecified atom stereocenters. The standard InChI is InChI=1S/C15H9Br2NS/c16-11-5-3-4-10(8-11)15-18-14(9-19-15)12-6-1-2-7-13(12)17/h1-9H. The topological polar surface area (TPSA) is 12.9 Å². The van der Waals surface area contributed by atoms with Crippen LogP contribution in [0.2, 0.25) is 0 Å². The van der Waals surface area contributed by atoms with Crippen LogP contribution in [-0.2, 0) is 0 Å². The molecule has 0 aliphatic carbocycles. The smallest absolute Gasteiger partial charge is 0.124 e. The Hall–Kier alpha value is -0.970. The molecule has 94 valence electrons. The molecule has 0 saturated heterocycles. The molecular weight excluding hydrogens is 386 g/mol. The first kappa shape index (κ1) is 13.0. The van der Waals surface area contributed by atoms with E-state index >= 15 is 0 Å². The predicted molar refractivity (Wildman–Crippen MR) is 88.4 cm³/mol. The molecule has 0 amide bonds. The van der Waals surface area contributed by atoms with Crippen LogP contribution in [0.25, 0.3) is 21.8 Å². The van der Waals surface area contributed by atoms with Crippen molar-refractivity contribution in [2.75, 3.05) is 0 Å². The second-order valence-electron chi connectivity index (χ2n) is 4.03. The molecule has 2 aromatic carbocycles. The summed E-state index contributed by atoms with van der Waals surface area (Å²) in [5.74, 6) is 0. The van der Waals surface area contributed by atoms with Crippen LogP contribution in [0.15, 0.2) is 62.9 Å². The fourth-order valence-electron chi connectivity index (χ4n) is 1.82. The monoisotopic (exact) mass is 393 g/mol. The Morgan fingerprint density at radius 2 is 1.79 bits per heavy atom. The van der Waals surface area contributed by atoms with Gasteiger partial charge in [0.25, 0.3) is 0 Å². The highest BCUT2D eigenvalue weighted by Gasteiger charge is 2.08. The largest absolute Gasteiger partial charge is 0.236 e. The minimum atomic E-state index is 1.01. The van der Waals surface area contributed by atoms with Crippen LogP contribution in [0.5, 0.6) is 0 Å². The van der Waals surface area contributed by atoms with E-state index < -0.39 is 0 Å². The number of halogens is 2. The molecular formula is C15H9Br2NS. The van der Waals surface area contributed by atoms with Crippen molar-refractivity contribution < 1.29 is 0 Å². The highest BCUT2D eigenvalue weighted by atomic mass is 79.9. The van der Waals surface area contributed by atoms with Gasteiger partial charge in [-0.2, -0.15) is 0 Å². The van der Waals surface area contributed by atoms with Gasteiger partial charge in [-0.25, -0.2) is 4.98 Å². The lowest BCUT2D eigenvalue weighted by Gasteiger charge is -2.00. The lowest BCUT2D eigenvalue weighted by Crippen LogP contribution is -1.81. The van der Waals surface area contributed by atoms with Crippen LogP contribution in [0.1, 0.15) is 0 Å². The minimum Gasteiger partial charge on any atom is -0.236 e. The predicted octanol–water partition coefficient (Wildman–Crippen LogP) is 6.00. The van der Waals surface area contributed by atoms with E-state index in [0.29, 0.717) is 0 Å². The average Bonchev–Trinajstić information content (AvgIpc) is 2.89. The summed E-state index contributed by atoms with van der Waals surface area (Å²) in [4.78, 5) is 4.72. The van der Waals surface area contributed by atoms with E-state index in [9.17, 15) is 0 Å². The molecule has 0 spiro atoms. The van der Waals surface area contributed by atoms with Crippen molar-refractivity contribution in [3.63, 3.8) is 0 Å². The molecule has 1 nitrogen and oxygen atoms in total. The molecule has 0 bridgehead atoms. The SMILES string of the molecule is Brc1cccc(-c2nc(-c3ccccc3Br)cs2)c1. The zero-order valence-electron chi connectivity index (χ0n) is 9.81. The molecule has 4 heteroatoms. The lowest BCUT2D eigenvalue weighted by atomic mass is 10.2. The first-order valence-electron chi connectivity index (χ1n) is 5.70. The number of hydrogen-bond donors (Lipinski definition) is 0. The van der Waals surface area contributed by atoms with Gasteiger partial charge >= 0.3 is 0 Å². The van der Waals surface area contributed by atoms with Crippen molar-refractivity contribution in [3.8, 4) is 21.8 Å². The van der Waals surface area contributed by atoms with Gasteiger partial charge in [-0.15, -0.1) is 11.3 Å². The molecule has 0 aliphatic heterocycles. The lowest BCUT2D eigenvalue weighted by molar-refractivity contribution is 1.39. The highest BCUT2D eigenvalue weighted by molar-refractivity contribution is 9.10. The molecule has 1 heterocycles. The van der Waals surface area contributed by atoms with Gasteiger partial charge in [0.1, 0.15) is 5.01 Å². The van der Waals surface area contributed by atoms with E-state index in [1.807, 2.05) is 30.3 Å². The van der Waals surface area contributed by atoms with Crippen molar-refractivity contribution in [2.24, 2.45) is 0 Å². The number of benzene rings is 2. The van der Waals surface area contributed by atoms with Crippen molar-refractivity contribution in [1.29, 1.82) is 0 Å². The molecule has 3 rings (SSSR count). The van der Waals surface area contributed by atoms with E-state index in [4.69, 9.17) is 4.98 Å². The van der Waals surface area contributed by atoms with Crippen molar-refractivity contribution in [1.82, 2.24) is 4.98 Å². The number of nitrogens with zero attached hydrogens (tertiary/aromatic N) is 1. The van der Waals surface area contributed by atoms with Gasteiger partial charge in [0, 0.05) is 25.5 Å². The van der Waals surface area contributed by atoms with Gasteiger partial charge in [-0.3, -0.25) is 0 Å². The summed E-state index contributed by atoms with van der Waals surface area (Å²) in [5, 5.41) is 3.13. The highest BCUT2D eigenvalue weighted by Crippen LogP contribution is 2.33. The third-order valence-electron chi connectivity index (χ3n) is 2.73. The van der Waals surface area contributed by atoms with Gasteiger partial charge in [0.15, 0.2) is 0 Å². The van der Waals surface area contributed by atoms with E-state index in [2.05, 4.69) is 55.4 Å². The Labute approximate surface area is 132 Å². The second kappa shape index (κ2) is 5.57. The normalized spacial score (nSPS) is 10.6. The van der Waals surface area contributed by atoms with Gasteiger partial charge in [0.2, 0.25) is 0 Å². The third kappa shape index (κ3) is 2.81. The average molecular weight is 395 g/mol. The van der Waals surface area contributed by atoms with Crippen molar-refractivity contribution >= 4 is 43.2 Å². The Bertz CT molecular complexity index is 721. The molecule has 19 heavy (non-hydrogen) atoms. The quantitative estimate of drug-likeness (QED) is 0.519. The molecule has 0 saturated carbocycles. The summed E-state index contributed by atoms with van der Waals surface area (Å²) < 4.78 is 2.14. The molecule has 0 radical (unpaired) electrons. The number of thiazole rings is 1. The fraction of sp³-hybridized carbons (Fsp3) is 0. The van der Waals surface area contributed by atoms with Crippen LogP contribution in [0.4, 0.5) is 0 Å². The number of rotatable bonds is 2. The maximum Gasteiger partial charge on any atom is 0.124 e. The molecule has 0 N–H and O–H groups in total. The van der Waals surface area contributed by atoms with E-state index in [1.165, 1.54) is 0 Å². The van der Waals surface area contributed by atoms with Crippen LogP contribution in [0.3, 0.4) is 0 Å². The number of hydrogen-bond acceptors (Lipinski definition) is 2. The summed E-state index contributed by atoms with van der Waals surface area (Å²) in [6.07, 6.45) is 0. The first-order chi connectivity index (χ1) is 9.24. The maximum absolute atomic E-state index is 4.72. The first-order valence-corrected chi connectivity index (χ1v) is 8.17. The van der Waals surface area contributed by atoms with Gasteiger partial charge in [0.05, 0.1) is 5.69 Å². The van der Waals surface area contributed by atoms with Crippen LogP contribution in [-0.4, -0.2) is 4.98 Å². The van der Waals surface area contributed by atoms with Crippen molar-refractivity contribution in [3.05, 3.63) is 62.9 Å². The maximum atomic E-state index is 4.72. The minimum absolute atomic E-state index is 1.01. The Balaban J connectivity index is 2.03. The number of aromatic nitrogens is 1. The molecule has 0 fully saturated rings. The van der Waals surface area contributed by atoms with E-state index in [1.54, 1.807) is 11.3 Å². The molecule has 0 atom stereocenters. The molecule has 1 aromatic heterocycles. The summed E-state index contributed by atoms with van der Waals surface area (Å²) in [6.45, 7) is 0. The molecule has 3 aromatic rings. The Kier molecular flexibility index (Phi) is 3.82. The zero-order chi connectivity index (χ0) is 13.2. The third-order valence-corrected chi connectivity index (χ3v) is 4.80. The zero-order valence-corrected chi connectivity index (χ0v) is 13.8. The van der Waals surface area contributed by atoms with Crippen LogP contribution < -0.4 is 0 Å². The fourth-order valence-corrected chi connectivity index (χ4v) is 3.52. The van der Waals surface area contributed by atoms with Crippen molar-refractivity contribution in [2.45, 2.75) is 0 Å². The van der Waals surface area contributed by atoms with E-state index in [-0.39, 0.29) is 0 Å². The summed E-state index contributed by atoms with van der Waals surface area (Å²) in [7, 11) is 0. The van der Waals surface area contributed by atoms with Gasteiger partial charge in [-0.1, -0.05) is 62.2 Å². The van der Waals surface area contributed by atoms with Gasteiger partial charge in [-0.05, 0) is 18.2 Å². The summed E-state index contributed by atoms with van der Waals surface area (Å²) in [5.41, 5.74) is 3.27. The van der Waals surface area contributed by atoms with Crippen LogP contribution in [0, 0.1) is 0 Å². The summed E-state index contributed by atoms with van der Waals surface area (Å²) >= 11 is 8.72.